The number of carbonyl (C=O) groups is 4. The number of carbonyl (C=O) groups excluding carboxylic acids is 2. The number of benzene rings is 1. The Morgan fingerprint density at radius 1 is 1.09 bits per heavy atom. The van der Waals surface area contributed by atoms with Gasteiger partial charge < -0.3 is 20.3 Å². The smallest absolute Gasteiger partial charge is 0.375 e. The maximum atomic E-state index is 11.3. The Kier molecular flexibility index (Phi) is 4.56. The highest BCUT2D eigenvalue weighted by molar-refractivity contribution is 6.34. The van der Waals surface area contributed by atoms with Gasteiger partial charge in [0.05, 0.1) is 0 Å². The minimum atomic E-state index is -1.70. The number of carboxylic acids is 2. The van der Waals surface area contributed by atoms with Crippen LogP contribution in [-0.2, 0) is 32.0 Å². The van der Waals surface area contributed by atoms with Crippen molar-refractivity contribution in [3.63, 3.8) is 0 Å². The van der Waals surface area contributed by atoms with E-state index in [0.717, 1.165) is 0 Å². The number of aromatic amines is 1. The lowest BCUT2D eigenvalue weighted by Gasteiger charge is -2.07. The predicted molar refractivity (Wildman–Crippen MR) is 77.0 cm³/mol. The van der Waals surface area contributed by atoms with E-state index in [-0.39, 0.29) is 12.8 Å². The van der Waals surface area contributed by atoms with Crippen LogP contribution >= 0.6 is 0 Å². The average Bonchev–Trinajstić information content (AvgIpc) is 2.88. The fourth-order valence-corrected chi connectivity index (χ4v) is 2.21. The Morgan fingerprint density at radius 2 is 1.78 bits per heavy atom. The van der Waals surface area contributed by atoms with Crippen LogP contribution in [0.15, 0.2) is 24.4 Å². The van der Waals surface area contributed by atoms with Crippen LogP contribution in [0.3, 0.4) is 0 Å². The Morgan fingerprint density at radius 3 is 2.39 bits per heavy atom. The number of Topliss-reactive ketones (excluding diaryl/α,β-unsaturated/α-hetero) is 2. The Bertz CT molecular complexity index is 805. The van der Waals surface area contributed by atoms with Gasteiger partial charge in [0.25, 0.3) is 5.78 Å². The molecule has 0 saturated carbocycles. The molecule has 0 aliphatic heterocycles. The maximum Gasteiger partial charge on any atom is 0.375 e. The van der Waals surface area contributed by atoms with E-state index in [9.17, 15) is 24.3 Å². The Balaban J connectivity index is 2.21. The van der Waals surface area contributed by atoms with Gasteiger partial charge >= 0.3 is 11.9 Å². The number of carboxylic acid groups (broad SMARTS) is 2. The van der Waals surface area contributed by atoms with Crippen molar-refractivity contribution in [2.75, 3.05) is 0 Å². The molecule has 0 fully saturated rings. The Labute approximate surface area is 129 Å². The molecule has 1 unspecified atom stereocenters. The second-order valence-corrected chi connectivity index (χ2v) is 4.99. The molecule has 1 atom stereocenters. The lowest BCUT2D eigenvalue weighted by molar-refractivity contribution is -0.153. The number of aliphatic hydroxyl groups excluding tert-OH is 1. The number of rotatable bonds is 7. The fraction of sp³-hybridized carbons (Fsp3) is 0.200. The first kappa shape index (κ1) is 16.4. The van der Waals surface area contributed by atoms with Crippen LogP contribution in [-0.4, -0.2) is 49.9 Å². The molecule has 0 spiro atoms. The third-order valence-corrected chi connectivity index (χ3v) is 3.36. The molecule has 1 heterocycles. The average molecular weight is 319 g/mol. The van der Waals surface area contributed by atoms with Crippen LogP contribution < -0.4 is 0 Å². The lowest BCUT2D eigenvalue weighted by atomic mass is 10.0. The largest absolute Gasteiger partial charge is 0.475 e. The summed E-state index contributed by atoms with van der Waals surface area (Å²) in [6, 6.07) is 4.79. The molecule has 0 aliphatic rings. The third-order valence-electron chi connectivity index (χ3n) is 3.36. The van der Waals surface area contributed by atoms with Crippen LogP contribution in [0.4, 0.5) is 0 Å². The highest BCUT2D eigenvalue weighted by Crippen LogP contribution is 2.21. The summed E-state index contributed by atoms with van der Waals surface area (Å²) in [4.78, 5) is 46.4. The molecular weight excluding hydrogens is 306 g/mol. The quantitative estimate of drug-likeness (QED) is 0.522. The zero-order chi connectivity index (χ0) is 17.1. The maximum absolute atomic E-state index is 11.3. The normalized spacial score (nSPS) is 12.0. The zero-order valence-electron chi connectivity index (χ0n) is 11.8. The first-order chi connectivity index (χ1) is 10.8. The molecule has 23 heavy (non-hydrogen) atoms. The lowest BCUT2D eigenvalue weighted by Crippen LogP contribution is -2.29. The van der Waals surface area contributed by atoms with Crippen LogP contribution in [0, 0.1) is 0 Å². The summed E-state index contributed by atoms with van der Waals surface area (Å²) >= 11 is 0. The van der Waals surface area contributed by atoms with Crippen LogP contribution in [0.2, 0.25) is 0 Å². The molecular formula is C15H13NO7. The number of nitrogens with one attached hydrogen (secondary N) is 1. The molecule has 0 saturated heterocycles. The van der Waals surface area contributed by atoms with E-state index < -0.39 is 29.6 Å². The van der Waals surface area contributed by atoms with Crippen molar-refractivity contribution < 1.29 is 34.5 Å². The minimum Gasteiger partial charge on any atom is -0.475 e. The van der Waals surface area contributed by atoms with Gasteiger partial charge in [-0.15, -0.1) is 0 Å². The van der Waals surface area contributed by atoms with E-state index in [4.69, 9.17) is 10.2 Å². The van der Waals surface area contributed by atoms with Gasteiger partial charge in [0, 0.05) is 29.9 Å². The highest BCUT2D eigenvalue weighted by atomic mass is 16.4. The molecule has 4 N–H and O–H groups in total. The van der Waals surface area contributed by atoms with E-state index in [0.29, 0.717) is 22.0 Å². The van der Waals surface area contributed by atoms with Crippen molar-refractivity contribution in [3.8, 4) is 0 Å². The van der Waals surface area contributed by atoms with E-state index in [1.807, 2.05) is 0 Å². The summed E-state index contributed by atoms with van der Waals surface area (Å²) in [5.41, 5.74) is 1.63. The molecule has 0 bridgehead atoms. The predicted octanol–water partition coefficient (Wildman–Crippen LogP) is -0.0788. The first-order valence-electron chi connectivity index (χ1n) is 6.59. The number of aliphatic carboxylic acids is 2. The summed E-state index contributed by atoms with van der Waals surface area (Å²) in [6.45, 7) is 0. The summed E-state index contributed by atoms with van der Waals surface area (Å²) in [7, 11) is 0. The molecule has 2 rings (SSSR count). The van der Waals surface area contributed by atoms with E-state index in [1.165, 1.54) is 6.20 Å². The summed E-state index contributed by atoms with van der Waals surface area (Å²) < 4.78 is 0. The van der Waals surface area contributed by atoms with Crippen LogP contribution in [0.5, 0.6) is 0 Å². The molecule has 0 aliphatic carbocycles. The molecule has 120 valence electrons. The second-order valence-electron chi connectivity index (χ2n) is 4.99. The van der Waals surface area contributed by atoms with Crippen molar-refractivity contribution >= 4 is 34.4 Å². The number of hydrogen-bond donors (Lipinski definition) is 4. The van der Waals surface area contributed by atoms with Crippen molar-refractivity contribution in [2.45, 2.75) is 18.9 Å². The van der Waals surface area contributed by atoms with Crippen LogP contribution in [0.25, 0.3) is 10.9 Å². The number of ketones is 2. The second kappa shape index (κ2) is 6.41. The van der Waals surface area contributed by atoms with E-state index >= 15 is 0 Å². The van der Waals surface area contributed by atoms with Crippen molar-refractivity contribution in [2.24, 2.45) is 0 Å². The topological polar surface area (TPSA) is 145 Å². The molecule has 0 amide bonds. The molecule has 1 aromatic heterocycles. The van der Waals surface area contributed by atoms with Gasteiger partial charge in [-0.25, -0.2) is 9.59 Å². The standard InChI is InChI=1S/C15H13NO7/c17-11(13(19)15(22)23)4-7-1-2-9-8(5-12(18)14(20)21)6-16-10(9)3-7/h1-3,6,11,16-17H,4-5H2,(H,20,21)(H,22,23). The van der Waals surface area contributed by atoms with Gasteiger partial charge in [-0.2, -0.15) is 0 Å². The molecule has 0 radical (unpaired) electrons. The molecule has 8 heteroatoms. The number of fused-ring (bicyclic) bond motifs is 1. The van der Waals surface area contributed by atoms with Gasteiger partial charge in [-0.1, -0.05) is 12.1 Å². The number of aromatic nitrogens is 1. The SMILES string of the molecule is O=C(O)C(=O)Cc1c[nH]c2cc(CC(O)C(=O)C(=O)O)ccc12. The summed E-state index contributed by atoms with van der Waals surface area (Å²) in [5, 5.41) is 27.4. The van der Waals surface area contributed by atoms with Crippen molar-refractivity contribution in [1.82, 2.24) is 4.98 Å². The monoisotopic (exact) mass is 319 g/mol. The minimum absolute atomic E-state index is 0.163. The van der Waals surface area contributed by atoms with E-state index in [1.54, 1.807) is 18.2 Å². The number of hydrogen-bond acceptors (Lipinski definition) is 5. The van der Waals surface area contributed by atoms with Gasteiger partial charge in [0.1, 0.15) is 6.10 Å². The zero-order valence-corrected chi connectivity index (χ0v) is 11.8. The fourth-order valence-electron chi connectivity index (χ4n) is 2.21. The summed E-state index contributed by atoms with van der Waals surface area (Å²) in [5.74, 6) is -5.43. The summed E-state index contributed by atoms with van der Waals surface area (Å²) in [6.07, 6.45) is -0.556. The van der Waals surface area contributed by atoms with Gasteiger partial charge in [-0.05, 0) is 17.2 Å². The number of aliphatic hydroxyl groups is 1. The molecule has 8 nitrogen and oxygen atoms in total. The van der Waals surface area contributed by atoms with Crippen molar-refractivity contribution in [1.29, 1.82) is 0 Å². The third kappa shape index (κ3) is 3.61. The highest BCUT2D eigenvalue weighted by Gasteiger charge is 2.23. The van der Waals surface area contributed by atoms with Gasteiger partial charge in [0.15, 0.2) is 0 Å². The van der Waals surface area contributed by atoms with Gasteiger partial charge in [-0.3, -0.25) is 9.59 Å². The first-order valence-corrected chi connectivity index (χ1v) is 6.59. The molecule has 2 aromatic rings. The van der Waals surface area contributed by atoms with Crippen molar-refractivity contribution in [3.05, 3.63) is 35.5 Å². The van der Waals surface area contributed by atoms with Gasteiger partial charge in [0.2, 0.25) is 5.78 Å². The van der Waals surface area contributed by atoms with E-state index in [2.05, 4.69) is 4.98 Å². The number of H-pyrrole nitrogens is 1. The molecule has 1 aromatic carbocycles. The Hall–Kier alpha value is -3.00. The van der Waals surface area contributed by atoms with Crippen LogP contribution in [0.1, 0.15) is 11.1 Å².